The quantitative estimate of drug-likeness (QED) is 0.847. The van der Waals surface area contributed by atoms with Crippen LogP contribution < -0.4 is 15.0 Å². The van der Waals surface area contributed by atoms with Gasteiger partial charge in [-0.1, -0.05) is 0 Å². The summed E-state index contributed by atoms with van der Waals surface area (Å²) in [6.07, 6.45) is 0. The minimum absolute atomic E-state index is 0.139. The van der Waals surface area contributed by atoms with Gasteiger partial charge in [0.05, 0.1) is 25.5 Å². The molecule has 2 aromatic rings. The Hall–Kier alpha value is -1.75. The number of benzene rings is 1. The van der Waals surface area contributed by atoms with Crippen LogP contribution in [0.2, 0.25) is 0 Å². The largest absolute Gasteiger partial charge is 0.497 e. The number of alkyl halides is 1. The van der Waals surface area contributed by atoms with Crippen LogP contribution in [-0.4, -0.2) is 24.2 Å². The van der Waals surface area contributed by atoms with E-state index in [0.717, 1.165) is 0 Å². The zero-order chi connectivity index (χ0) is 12.4. The molecule has 0 saturated heterocycles. The van der Waals surface area contributed by atoms with Crippen molar-refractivity contribution in [1.82, 2.24) is 9.97 Å². The number of nitrogens with one attached hydrogen (secondary N) is 1. The van der Waals surface area contributed by atoms with Gasteiger partial charge < -0.3 is 14.5 Å². The molecule has 0 aliphatic heterocycles. The normalized spacial score (nSPS) is 10.5. The summed E-state index contributed by atoms with van der Waals surface area (Å²) in [5, 5.41) is 0.412. The minimum atomic E-state index is -0.261. The molecular formula is C11H11ClN2O3. The monoisotopic (exact) mass is 254 g/mol. The molecule has 0 spiro atoms. The number of rotatable bonds is 3. The van der Waals surface area contributed by atoms with E-state index >= 15 is 0 Å². The number of nitrogens with zero attached hydrogens (tertiary/aromatic N) is 1. The lowest BCUT2D eigenvalue weighted by Crippen LogP contribution is -2.11. The molecule has 1 aromatic carbocycles. The highest BCUT2D eigenvalue weighted by Crippen LogP contribution is 2.27. The fraction of sp³-hybridized carbons (Fsp3) is 0.273. The van der Waals surface area contributed by atoms with Crippen LogP contribution in [0.1, 0.15) is 5.82 Å². The Balaban J connectivity index is 2.84. The van der Waals surface area contributed by atoms with Gasteiger partial charge in [-0.3, -0.25) is 4.79 Å². The molecule has 0 amide bonds. The van der Waals surface area contributed by atoms with Gasteiger partial charge in [0.25, 0.3) is 5.56 Å². The molecule has 1 N–H and O–H groups in total. The Morgan fingerprint density at radius 1 is 1.35 bits per heavy atom. The smallest absolute Gasteiger partial charge is 0.259 e. The Morgan fingerprint density at radius 2 is 2.12 bits per heavy atom. The fourth-order valence-electron chi connectivity index (χ4n) is 1.57. The second kappa shape index (κ2) is 4.63. The molecule has 0 fully saturated rings. The molecular weight excluding hydrogens is 244 g/mol. The van der Waals surface area contributed by atoms with Crippen molar-refractivity contribution < 1.29 is 9.47 Å². The van der Waals surface area contributed by atoms with E-state index in [9.17, 15) is 4.79 Å². The predicted octanol–water partition coefficient (Wildman–Crippen LogP) is 1.68. The van der Waals surface area contributed by atoms with Gasteiger partial charge in [-0.05, 0) is 6.07 Å². The third-order valence-corrected chi connectivity index (χ3v) is 2.63. The molecule has 2 rings (SSSR count). The van der Waals surface area contributed by atoms with Crippen molar-refractivity contribution in [2.45, 2.75) is 5.88 Å². The number of aromatic nitrogens is 2. The van der Waals surface area contributed by atoms with E-state index in [0.29, 0.717) is 28.2 Å². The van der Waals surface area contributed by atoms with Gasteiger partial charge >= 0.3 is 0 Å². The van der Waals surface area contributed by atoms with Gasteiger partial charge in [-0.25, -0.2) is 4.98 Å². The summed E-state index contributed by atoms with van der Waals surface area (Å²) in [4.78, 5) is 18.7. The van der Waals surface area contributed by atoms with E-state index in [1.54, 1.807) is 12.1 Å². The van der Waals surface area contributed by atoms with Crippen molar-refractivity contribution in [3.63, 3.8) is 0 Å². The van der Waals surface area contributed by atoms with Gasteiger partial charge in [0.15, 0.2) is 0 Å². The van der Waals surface area contributed by atoms with Gasteiger partial charge in [-0.15, -0.1) is 11.6 Å². The van der Waals surface area contributed by atoms with Crippen LogP contribution in [-0.2, 0) is 5.88 Å². The van der Waals surface area contributed by atoms with Crippen molar-refractivity contribution in [3.05, 3.63) is 28.3 Å². The average molecular weight is 255 g/mol. The Morgan fingerprint density at radius 3 is 2.71 bits per heavy atom. The topological polar surface area (TPSA) is 64.2 Å². The maximum absolute atomic E-state index is 11.8. The summed E-state index contributed by atoms with van der Waals surface area (Å²) < 4.78 is 10.3. The lowest BCUT2D eigenvalue weighted by atomic mass is 10.2. The molecule has 17 heavy (non-hydrogen) atoms. The van der Waals surface area contributed by atoms with E-state index < -0.39 is 0 Å². The summed E-state index contributed by atoms with van der Waals surface area (Å²) >= 11 is 5.66. The maximum Gasteiger partial charge on any atom is 0.259 e. The number of methoxy groups -OCH3 is 2. The Bertz CT molecular complexity index is 609. The lowest BCUT2D eigenvalue weighted by Gasteiger charge is -2.08. The van der Waals surface area contributed by atoms with Crippen LogP contribution in [0.25, 0.3) is 10.9 Å². The van der Waals surface area contributed by atoms with Crippen molar-refractivity contribution in [2.75, 3.05) is 14.2 Å². The molecule has 0 atom stereocenters. The summed E-state index contributed by atoms with van der Waals surface area (Å²) in [7, 11) is 3.03. The van der Waals surface area contributed by atoms with E-state index in [-0.39, 0.29) is 11.4 Å². The highest BCUT2D eigenvalue weighted by molar-refractivity contribution is 6.16. The molecule has 0 aliphatic rings. The van der Waals surface area contributed by atoms with Gasteiger partial charge in [0, 0.05) is 6.07 Å². The Labute approximate surface area is 102 Å². The summed E-state index contributed by atoms with van der Waals surface area (Å²) in [6.45, 7) is 0. The zero-order valence-electron chi connectivity index (χ0n) is 9.41. The SMILES string of the molecule is COc1cc(OC)c2nc(CCl)[nH]c(=O)c2c1. The average Bonchev–Trinajstić information content (AvgIpc) is 2.37. The number of ether oxygens (including phenoxy) is 2. The number of H-pyrrole nitrogens is 1. The van der Waals surface area contributed by atoms with Crippen LogP contribution in [0.3, 0.4) is 0 Å². The van der Waals surface area contributed by atoms with Crippen molar-refractivity contribution in [3.8, 4) is 11.5 Å². The molecule has 0 saturated carbocycles. The second-order valence-corrected chi connectivity index (χ2v) is 3.64. The number of halogens is 1. The summed E-state index contributed by atoms with van der Waals surface area (Å²) in [6, 6.07) is 3.29. The minimum Gasteiger partial charge on any atom is -0.497 e. The second-order valence-electron chi connectivity index (χ2n) is 3.37. The van der Waals surface area contributed by atoms with Crippen molar-refractivity contribution in [1.29, 1.82) is 0 Å². The number of fused-ring (bicyclic) bond motifs is 1. The third-order valence-electron chi connectivity index (χ3n) is 2.38. The van der Waals surface area contributed by atoms with Crippen LogP contribution in [0.4, 0.5) is 0 Å². The highest BCUT2D eigenvalue weighted by Gasteiger charge is 2.11. The Kier molecular flexibility index (Phi) is 3.19. The lowest BCUT2D eigenvalue weighted by molar-refractivity contribution is 0.397. The highest BCUT2D eigenvalue weighted by atomic mass is 35.5. The summed E-state index contributed by atoms with van der Waals surface area (Å²) in [5.74, 6) is 1.57. The third kappa shape index (κ3) is 2.06. The molecule has 1 aromatic heterocycles. The van der Waals surface area contributed by atoms with Crippen LogP contribution in [0, 0.1) is 0 Å². The molecule has 6 heteroatoms. The first-order valence-corrected chi connectivity index (χ1v) is 5.44. The standard InChI is InChI=1S/C11H11ClN2O3/c1-16-6-3-7-10(8(4-6)17-2)13-9(5-12)14-11(7)15/h3-4H,5H2,1-2H3,(H,13,14,15). The van der Waals surface area contributed by atoms with Crippen LogP contribution in [0.5, 0.6) is 11.5 Å². The van der Waals surface area contributed by atoms with Gasteiger partial charge in [-0.2, -0.15) is 0 Å². The van der Waals surface area contributed by atoms with E-state index in [1.807, 2.05) is 0 Å². The number of hydrogen-bond donors (Lipinski definition) is 1. The molecule has 0 radical (unpaired) electrons. The van der Waals surface area contributed by atoms with Crippen LogP contribution >= 0.6 is 11.6 Å². The maximum atomic E-state index is 11.8. The first-order chi connectivity index (χ1) is 8.19. The van der Waals surface area contributed by atoms with E-state index in [2.05, 4.69) is 9.97 Å². The van der Waals surface area contributed by atoms with Crippen molar-refractivity contribution >= 4 is 22.5 Å². The molecule has 1 heterocycles. The molecule has 0 bridgehead atoms. The van der Waals surface area contributed by atoms with Gasteiger partial charge in [0.2, 0.25) is 0 Å². The van der Waals surface area contributed by atoms with Crippen LogP contribution in [0.15, 0.2) is 16.9 Å². The number of hydrogen-bond acceptors (Lipinski definition) is 4. The molecule has 0 unspecified atom stereocenters. The fourth-order valence-corrected chi connectivity index (χ4v) is 1.70. The first-order valence-electron chi connectivity index (χ1n) is 4.90. The van der Waals surface area contributed by atoms with Crippen molar-refractivity contribution in [2.24, 2.45) is 0 Å². The van der Waals surface area contributed by atoms with Gasteiger partial charge in [0.1, 0.15) is 22.8 Å². The molecule has 5 nitrogen and oxygen atoms in total. The predicted molar refractivity (Wildman–Crippen MR) is 65.0 cm³/mol. The molecule has 90 valence electrons. The van der Waals surface area contributed by atoms with E-state index in [1.165, 1.54) is 14.2 Å². The number of aromatic amines is 1. The zero-order valence-corrected chi connectivity index (χ0v) is 10.2. The first kappa shape index (κ1) is 11.7. The molecule has 0 aliphatic carbocycles. The van der Waals surface area contributed by atoms with E-state index in [4.69, 9.17) is 21.1 Å². The summed E-state index contributed by atoms with van der Waals surface area (Å²) in [5.41, 5.74) is 0.218.